The van der Waals surface area contributed by atoms with Gasteiger partial charge in [0.25, 0.3) is 0 Å². The number of hydrogen-bond donors (Lipinski definition) is 1. The van der Waals surface area contributed by atoms with Crippen LogP contribution in [0, 0.1) is 0 Å². The highest BCUT2D eigenvalue weighted by Gasteiger charge is 1.95. The lowest BCUT2D eigenvalue weighted by molar-refractivity contribution is 0.133. The number of hydrogen-bond acceptors (Lipinski definition) is 3. The lowest BCUT2D eigenvalue weighted by Gasteiger charge is -2.04. The summed E-state index contributed by atoms with van der Waals surface area (Å²) >= 11 is 0. The van der Waals surface area contributed by atoms with E-state index < -0.39 is 0 Å². The van der Waals surface area contributed by atoms with Gasteiger partial charge in [0.05, 0.1) is 12.3 Å². The molecule has 0 radical (unpaired) electrons. The van der Waals surface area contributed by atoms with Gasteiger partial charge in [-0.2, -0.15) is 5.10 Å². The minimum atomic E-state index is 0.808. The van der Waals surface area contributed by atoms with Crippen molar-refractivity contribution in [3.63, 3.8) is 0 Å². The molecule has 1 aromatic rings. The summed E-state index contributed by atoms with van der Waals surface area (Å²) < 4.78 is 7.28. The molecule has 0 bridgehead atoms. The summed E-state index contributed by atoms with van der Waals surface area (Å²) in [5.74, 6) is 0. The number of nitrogens with zero attached hydrogens (tertiary/aromatic N) is 2. The molecule has 0 aliphatic rings. The summed E-state index contributed by atoms with van der Waals surface area (Å²) in [4.78, 5) is 0. The quantitative estimate of drug-likeness (QED) is 0.645. The Kier molecular flexibility index (Phi) is 6.85. The van der Waals surface area contributed by atoms with Crippen LogP contribution in [-0.2, 0) is 18.2 Å². The predicted molar refractivity (Wildman–Crippen MR) is 65.5 cm³/mol. The number of aryl methyl sites for hydroxylation is 1. The van der Waals surface area contributed by atoms with E-state index in [2.05, 4.69) is 23.4 Å². The molecule has 0 amide bonds. The first-order valence-electron chi connectivity index (χ1n) is 6.10. The zero-order valence-electron chi connectivity index (χ0n) is 10.4. The average Bonchev–Trinajstić information content (AvgIpc) is 2.68. The zero-order chi connectivity index (χ0) is 11.6. The number of rotatable bonds is 9. The van der Waals surface area contributed by atoms with Crippen molar-refractivity contribution < 1.29 is 4.74 Å². The summed E-state index contributed by atoms with van der Waals surface area (Å²) in [6.07, 6.45) is 5.32. The average molecular weight is 225 g/mol. The molecule has 1 heterocycles. The van der Waals surface area contributed by atoms with Crippen molar-refractivity contribution >= 4 is 0 Å². The molecule has 92 valence electrons. The molecule has 0 aliphatic carbocycles. The van der Waals surface area contributed by atoms with E-state index in [4.69, 9.17) is 4.74 Å². The summed E-state index contributed by atoms with van der Waals surface area (Å²) in [5.41, 5.74) is 1.14. The van der Waals surface area contributed by atoms with Crippen LogP contribution in [0.4, 0.5) is 0 Å². The molecule has 0 spiro atoms. The topological polar surface area (TPSA) is 39.1 Å². The van der Waals surface area contributed by atoms with E-state index >= 15 is 0 Å². The fraction of sp³-hybridized carbons (Fsp3) is 0.750. The highest BCUT2D eigenvalue weighted by atomic mass is 16.5. The van der Waals surface area contributed by atoms with E-state index in [0.717, 1.165) is 44.8 Å². The van der Waals surface area contributed by atoms with E-state index in [9.17, 15) is 0 Å². The lowest BCUT2D eigenvalue weighted by atomic mass is 10.3. The maximum Gasteiger partial charge on any atom is 0.0637 e. The van der Waals surface area contributed by atoms with E-state index in [1.54, 1.807) is 0 Å². The molecule has 0 saturated heterocycles. The summed E-state index contributed by atoms with van der Waals surface area (Å²) in [7, 11) is 1.94. The normalized spacial score (nSPS) is 10.9. The Morgan fingerprint density at radius 1 is 1.38 bits per heavy atom. The Balaban J connectivity index is 1.88. The maximum atomic E-state index is 5.45. The van der Waals surface area contributed by atoms with Gasteiger partial charge < -0.3 is 10.1 Å². The van der Waals surface area contributed by atoms with Crippen LogP contribution in [-0.4, -0.2) is 36.1 Å². The third-order valence-electron chi connectivity index (χ3n) is 2.39. The Hall–Kier alpha value is -0.870. The van der Waals surface area contributed by atoms with Gasteiger partial charge in [0.1, 0.15) is 0 Å². The molecule has 0 atom stereocenters. The van der Waals surface area contributed by atoms with Crippen molar-refractivity contribution in [3.05, 3.63) is 18.0 Å². The van der Waals surface area contributed by atoms with Crippen LogP contribution >= 0.6 is 0 Å². The van der Waals surface area contributed by atoms with Gasteiger partial charge in [-0.1, -0.05) is 13.3 Å². The Morgan fingerprint density at radius 2 is 2.25 bits per heavy atom. The summed E-state index contributed by atoms with van der Waals surface area (Å²) in [6.45, 7) is 5.76. The molecule has 4 heteroatoms. The second-order valence-electron chi connectivity index (χ2n) is 3.95. The molecule has 1 N–H and O–H groups in total. The number of nitrogens with one attached hydrogen (secondary N) is 1. The lowest BCUT2D eigenvalue weighted by Crippen LogP contribution is -2.22. The standard InChI is InChI=1S/C12H23N3O/c1-3-4-10-16-11-8-13-7-5-12-6-9-15(2)14-12/h6,9,13H,3-5,7-8,10-11H2,1-2H3. The van der Waals surface area contributed by atoms with Crippen LogP contribution in [0.1, 0.15) is 25.5 Å². The molecule has 1 rings (SSSR count). The minimum Gasteiger partial charge on any atom is -0.380 e. The monoisotopic (exact) mass is 225 g/mol. The number of ether oxygens (including phenoxy) is 1. The van der Waals surface area contributed by atoms with Crippen molar-refractivity contribution in [2.45, 2.75) is 26.2 Å². The van der Waals surface area contributed by atoms with Crippen molar-refractivity contribution in [1.29, 1.82) is 0 Å². The number of unbranched alkanes of at least 4 members (excludes halogenated alkanes) is 1. The molecule has 0 saturated carbocycles. The van der Waals surface area contributed by atoms with Crippen molar-refractivity contribution in [1.82, 2.24) is 15.1 Å². The first kappa shape index (κ1) is 13.2. The fourth-order valence-electron chi connectivity index (χ4n) is 1.43. The highest BCUT2D eigenvalue weighted by Crippen LogP contribution is 1.93. The molecular weight excluding hydrogens is 202 g/mol. The largest absolute Gasteiger partial charge is 0.380 e. The van der Waals surface area contributed by atoms with Gasteiger partial charge in [0, 0.05) is 39.4 Å². The molecule has 16 heavy (non-hydrogen) atoms. The first-order chi connectivity index (χ1) is 7.83. The highest BCUT2D eigenvalue weighted by molar-refractivity contribution is 4.98. The summed E-state index contributed by atoms with van der Waals surface area (Å²) in [6, 6.07) is 2.05. The smallest absolute Gasteiger partial charge is 0.0637 e. The van der Waals surface area contributed by atoms with Gasteiger partial charge in [0.2, 0.25) is 0 Å². The molecule has 1 aromatic heterocycles. The van der Waals surface area contributed by atoms with Crippen molar-refractivity contribution in [2.75, 3.05) is 26.3 Å². The zero-order valence-corrected chi connectivity index (χ0v) is 10.4. The Labute approximate surface area is 98.0 Å². The van der Waals surface area contributed by atoms with Crippen molar-refractivity contribution in [3.8, 4) is 0 Å². The van der Waals surface area contributed by atoms with Gasteiger partial charge in [0.15, 0.2) is 0 Å². The molecule has 0 aliphatic heterocycles. The van der Waals surface area contributed by atoms with Crippen LogP contribution in [0.15, 0.2) is 12.3 Å². The number of aromatic nitrogens is 2. The van der Waals surface area contributed by atoms with Crippen LogP contribution in [0.3, 0.4) is 0 Å². The van der Waals surface area contributed by atoms with Gasteiger partial charge >= 0.3 is 0 Å². The van der Waals surface area contributed by atoms with E-state index in [1.165, 1.54) is 6.42 Å². The third-order valence-corrected chi connectivity index (χ3v) is 2.39. The molecule has 0 fully saturated rings. The van der Waals surface area contributed by atoms with E-state index in [1.807, 2.05) is 17.9 Å². The molecule has 0 unspecified atom stereocenters. The molecule has 4 nitrogen and oxygen atoms in total. The fourth-order valence-corrected chi connectivity index (χ4v) is 1.43. The van der Waals surface area contributed by atoms with E-state index in [-0.39, 0.29) is 0 Å². The van der Waals surface area contributed by atoms with Gasteiger partial charge in [-0.05, 0) is 12.5 Å². The first-order valence-corrected chi connectivity index (χ1v) is 6.10. The van der Waals surface area contributed by atoms with Crippen LogP contribution < -0.4 is 5.32 Å². The molecular formula is C12H23N3O. The predicted octanol–water partition coefficient (Wildman–Crippen LogP) is 1.37. The van der Waals surface area contributed by atoms with Crippen LogP contribution in [0.25, 0.3) is 0 Å². The minimum absolute atomic E-state index is 0.808. The molecule has 0 aromatic carbocycles. The second-order valence-corrected chi connectivity index (χ2v) is 3.95. The van der Waals surface area contributed by atoms with Gasteiger partial charge in [-0.25, -0.2) is 0 Å². The summed E-state index contributed by atoms with van der Waals surface area (Å²) in [5, 5.41) is 7.66. The Bertz CT molecular complexity index is 273. The van der Waals surface area contributed by atoms with E-state index in [0.29, 0.717) is 0 Å². The Morgan fingerprint density at radius 3 is 2.94 bits per heavy atom. The third kappa shape index (κ3) is 5.88. The SMILES string of the molecule is CCCCOCCNCCc1ccn(C)n1. The second kappa shape index (κ2) is 8.30. The van der Waals surface area contributed by atoms with Crippen molar-refractivity contribution in [2.24, 2.45) is 7.05 Å². The maximum absolute atomic E-state index is 5.45. The van der Waals surface area contributed by atoms with Crippen LogP contribution in [0.2, 0.25) is 0 Å². The van der Waals surface area contributed by atoms with Gasteiger partial charge in [-0.3, -0.25) is 4.68 Å². The van der Waals surface area contributed by atoms with Gasteiger partial charge in [-0.15, -0.1) is 0 Å². The van der Waals surface area contributed by atoms with Crippen LogP contribution in [0.5, 0.6) is 0 Å².